The highest BCUT2D eigenvalue weighted by Gasteiger charge is 2.27. The highest BCUT2D eigenvalue weighted by molar-refractivity contribution is 8.00. The molecule has 0 aliphatic heterocycles. The number of rotatable bonds is 8. The quantitative estimate of drug-likeness (QED) is 0.394. The van der Waals surface area contributed by atoms with Gasteiger partial charge in [-0.25, -0.2) is 0 Å². The lowest BCUT2D eigenvalue weighted by molar-refractivity contribution is -0.387. The Morgan fingerprint density at radius 3 is 2.63 bits per heavy atom. The summed E-state index contributed by atoms with van der Waals surface area (Å²) in [6, 6.07) is 12.6. The number of nitrogens with two attached hydrogens (primary N) is 1. The molecule has 0 aromatic heterocycles. The van der Waals surface area contributed by atoms with Gasteiger partial charge in [-0.3, -0.25) is 19.7 Å². The van der Waals surface area contributed by atoms with Gasteiger partial charge in [-0.1, -0.05) is 31.2 Å². The number of nitro benzene ring substituents is 1. The molecule has 30 heavy (non-hydrogen) atoms. The van der Waals surface area contributed by atoms with E-state index in [0.29, 0.717) is 11.4 Å². The fraction of sp³-hybridized carbons (Fsp3) is 0.364. The largest absolute Gasteiger partial charge is 0.366 e. The number of amides is 2. The maximum atomic E-state index is 13.0. The maximum absolute atomic E-state index is 13.0. The minimum absolute atomic E-state index is 0.0282. The predicted molar refractivity (Wildman–Crippen MR) is 117 cm³/mol. The highest BCUT2D eigenvalue weighted by Crippen LogP contribution is 2.31. The van der Waals surface area contributed by atoms with Crippen LogP contribution < -0.4 is 5.73 Å². The first-order valence-electron chi connectivity index (χ1n) is 9.98. The summed E-state index contributed by atoms with van der Waals surface area (Å²) in [6.45, 7) is 2.70. The summed E-state index contributed by atoms with van der Waals surface area (Å²) in [5.41, 5.74) is 7.71. The van der Waals surface area contributed by atoms with E-state index < -0.39 is 10.8 Å². The molecule has 2 N–H and O–H groups in total. The molecular weight excluding hydrogens is 402 g/mol. The lowest BCUT2D eigenvalue weighted by Crippen LogP contribution is -2.44. The zero-order valence-electron chi connectivity index (χ0n) is 16.9. The minimum Gasteiger partial charge on any atom is -0.366 e. The number of aryl methyl sites for hydroxylation is 1. The summed E-state index contributed by atoms with van der Waals surface area (Å²) in [7, 11) is 0. The molecule has 0 saturated carbocycles. The van der Waals surface area contributed by atoms with Crippen molar-refractivity contribution >= 4 is 29.3 Å². The van der Waals surface area contributed by atoms with Gasteiger partial charge in [0.05, 0.1) is 15.6 Å². The third kappa shape index (κ3) is 4.99. The summed E-state index contributed by atoms with van der Waals surface area (Å²) < 4.78 is 0. The number of thioether (sulfide) groups is 1. The number of nitro groups is 1. The van der Waals surface area contributed by atoms with Crippen LogP contribution in [0.1, 0.15) is 41.3 Å². The second-order valence-electron chi connectivity index (χ2n) is 7.35. The third-order valence-electron chi connectivity index (χ3n) is 5.34. The van der Waals surface area contributed by atoms with Gasteiger partial charge in [-0.15, -0.1) is 11.8 Å². The molecule has 1 atom stereocenters. The molecule has 3 rings (SSSR count). The first kappa shape index (κ1) is 21.8. The molecule has 2 amide bonds. The van der Waals surface area contributed by atoms with Crippen molar-refractivity contribution in [1.82, 2.24) is 4.90 Å². The number of benzene rings is 2. The number of fused-ring (bicyclic) bond motifs is 1. The van der Waals surface area contributed by atoms with E-state index in [4.69, 9.17) is 5.73 Å². The maximum Gasteiger partial charge on any atom is 0.283 e. The van der Waals surface area contributed by atoms with Crippen LogP contribution in [0.2, 0.25) is 0 Å². The van der Waals surface area contributed by atoms with Gasteiger partial charge < -0.3 is 10.6 Å². The Hall–Kier alpha value is -2.87. The van der Waals surface area contributed by atoms with Crippen LogP contribution in [-0.2, 0) is 17.6 Å². The molecule has 158 valence electrons. The average Bonchev–Trinajstić information content (AvgIpc) is 2.75. The molecular formula is C22H25N3O4S. The molecule has 8 heteroatoms. The lowest BCUT2D eigenvalue weighted by atomic mass is 9.87. The van der Waals surface area contributed by atoms with Crippen LogP contribution in [0.4, 0.5) is 5.69 Å². The average molecular weight is 428 g/mol. The van der Waals surface area contributed by atoms with E-state index in [1.165, 1.54) is 23.3 Å². The summed E-state index contributed by atoms with van der Waals surface area (Å²) in [5, 5.41) is 11.4. The second kappa shape index (κ2) is 9.75. The van der Waals surface area contributed by atoms with Crippen molar-refractivity contribution in [2.45, 2.75) is 43.5 Å². The number of carbonyl (C=O) groups excluding carboxylic acids is 2. The normalized spacial score (nSPS) is 15.3. The minimum atomic E-state index is -0.725. The van der Waals surface area contributed by atoms with Crippen LogP contribution in [-0.4, -0.2) is 40.0 Å². The molecule has 0 spiro atoms. The van der Waals surface area contributed by atoms with E-state index in [1.807, 2.05) is 24.0 Å². The number of primary amides is 1. The molecule has 2 aromatic rings. The Bertz CT molecular complexity index is 963. The SMILES string of the molecule is CCCN(C(=O)CSc1ccc(C(N)=O)cc1[N+](=O)[O-])C1CCc2ccccc2C1. The standard InChI is InChI=1S/C22H25N3O4S/c1-2-11-24(18-9-7-15-5-3-4-6-16(15)12-18)21(26)14-30-20-10-8-17(22(23)27)13-19(20)25(28)29/h3-6,8,10,13,18H,2,7,9,11-12,14H2,1H3,(H2,23,27). The Morgan fingerprint density at radius 1 is 1.23 bits per heavy atom. The van der Waals surface area contributed by atoms with Gasteiger partial charge in [-0.05, 0) is 48.9 Å². The highest BCUT2D eigenvalue weighted by atomic mass is 32.2. The molecule has 0 fully saturated rings. The van der Waals surface area contributed by atoms with Crippen molar-refractivity contribution in [2.24, 2.45) is 5.73 Å². The number of hydrogen-bond acceptors (Lipinski definition) is 5. The van der Waals surface area contributed by atoms with Crippen molar-refractivity contribution < 1.29 is 14.5 Å². The van der Waals surface area contributed by atoms with Crippen molar-refractivity contribution in [2.75, 3.05) is 12.3 Å². The first-order chi connectivity index (χ1) is 14.4. The van der Waals surface area contributed by atoms with E-state index in [0.717, 1.165) is 43.5 Å². The van der Waals surface area contributed by atoms with Gasteiger partial charge in [0.25, 0.3) is 5.69 Å². The van der Waals surface area contributed by atoms with Crippen LogP contribution >= 0.6 is 11.8 Å². The summed E-state index contributed by atoms with van der Waals surface area (Å²) >= 11 is 1.12. The van der Waals surface area contributed by atoms with Gasteiger partial charge in [0.2, 0.25) is 11.8 Å². The molecule has 1 aliphatic rings. The van der Waals surface area contributed by atoms with Gasteiger partial charge in [0.15, 0.2) is 0 Å². The van der Waals surface area contributed by atoms with Crippen LogP contribution in [0.3, 0.4) is 0 Å². The smallest absolute Gasteiger partial charge is 0.283 e. The van der Waals surface area contributed by atoms with E-state index >= 15 is 0 Å². The topological polar surface area (TPSA) is 107 Å². The number of hydrogen-bond donors (Lipinski definition) is 1. The zero-order chi connectivity index (χ0) is 21.7. The van der Waals surface area contributed by atoms with Crippen LogP contribution in [0.25, 0.3) is 0 Å². The molecule has 0 radical (unpaired) electrons. The summed E-state index contributed by atoms with van der Waals surface area (Å²) in [4.78, 5) is 37.5. The molecule has 0 heterocycles. The molecule has 0 saturated heterocycles. The van der Waals surface area contributed by atoms with Crippen LogP contribution in [0.5, 0.6) is 0 Å². The third-order valence-corrected chi connectivity index (χ3v) is 6.39. The molecule has 2 aromatic carbocycles. The van der Waals surface area contributed by atoms with Crippen molar-refractivity contribution in [3.63, 3.8) is 0 Å². The molecule has 1 unspecified atom stereocenters. The van der Waals surface area contributed by atoms with E-state index in [9.17, 15) is 19.7 Å². The Kier molecular flexibility index (Phi) is 7.10. The van der Waals surface area contributed by atoms with Crippen LogP contribution in [0.15, 0.2) is 47.4 Å². The van der Waals surface area contributed by atoms with Crippen molar-refractivity contribution in [3.8, 4) is 0 Å². The molecule has 7 nitrogen and oxygen atoms in total. The fourth-order valence-electron chi connectivity index (χ4n) is 3.85. The Labute approximate surface area is 179 Å². The van der Waals surface area contributed by atoms with Gasteiger partial charge in [0.1, 0.15) is 0 Å². The number of carbonyl (C=O) groups is 2. The summed E-state index contributed by atoms with van der Waals surface area (Å²) in [5.74, 6) is -0.647. The molecule has 1 aliphatic carbocycles. The Morgan fingerprint density at radius 2 is 1.97 bits per heavy atom. The van der Waals surface area contributed by atoms with Crippen molar-refractivity contribution in [1.29, 1.82) is 0 Å². The van der Waals surface area contributed by atoms with Crippen molar-refractivity contribution in [3.05, 3.63) is 69.3 Å². The van der Waals surface area contributed by atoms with E-state index in [2.05, 4.69) is 12.1 Å². The summed E-state index contributed by atoms with van der Waals surface area (Å²) in [6.07, 6.45) is 3.55. The first-order valence-corrected chi connectivity index (χ1v) is 11.0. The number of nitrogens with zero attached hydrogens (tertiary/aromatic N) is 2. The van der Waals surface area contributed by atoms with Gasteiger partial charge in [-0.2, -0.15) is 0 Å². The monoisotopic (exact) mass is 427 g/mol. The lowest BCUT2D eigenvalue weighted by Gasteiger charge is -2.35. The van der Waals surface area contributed by atoms with Crippen LogP contribution in [0, 0.1) is 10.1 Å². The van der Waals surface area contributed by atoms with Gasteiger partial charge >= 0.3 is 0 Å². The van der Waals surface area contributed by atoms with E-state index in [1.54, 1.807) is 0 Å². The van der Waals surface area contributed by atoms with Gasteiger partial charge in [0, 0.05) is 24.2 Å². The zero-order valence-corrected chi connectivity index (χ0v) is 17.7. The fourth-order valence-corrected chi connectivity index (χ4v) is 4.74. The van der Waals surface area contributed by atoms with E-state index in [-0.39, 0.29) is 29.0 Å². The molecule has 0 bridgehead atoms. The Balaban J connectivity index is 1.72. The predicted octanol–water partition coefficient (Wildman–Crippen LogP) is 3.58. The second-order valence-corrected chi connectivity index (χ2v) is 8.36.